The fourth-order valence-corrected chi connectivity index (χ4v) is 5.03. The molecular formula is C24H32N2O6S. The van der Waals surface area contributed by atoms with Crippen molar-refractivity contribution in [3.8, 4) is 17.2 Å². The number of carbonyl (C=O) groups is 1. The lowest BCUT2D eigenvalue weighted by molar-refractivity contribution is -0.121. The molecule has 1 aliphatic rings. The number of benzene rings is 2. The predicted molar refractivity (Wildman–Crippen MR) is 128 cm³/mol. The Morgan fingerprint density at radius 1 is 1.12 bits per heavy atom. The van der Waals surface area contributed by atoms with Gasteiger partial charge in [0.05, 0.1) is 32.2 Å². The second kappa shape index (κ2) is 9.91. The Morgan fingerprint density at radius 3 is 2.39 bits per heavy atom. The quantitative estimate of drug-likeness (QED) is 0.594. The normalized spacial score (nSPS) is 16.8. The Balaban J connectivity index is 1.87. The molecule has 0 fully saturated rings. The molecule has 2 aromatic rings. The highest BCUT2D eigenvalue weighted by Gasteiger charge is 2.39. The van der Waals surface area contributed by atoms with Crippen molar-refractivity contribution in [3.63, 3.8) is 0 Å². The largest absolute Gasteiger partial charge is 0.493 e. The average Bonchev–Trinajstić information content (AvgIpc) is 2.81. The molecule has 1 N–H and O–H groups in total. The number of nitrogens with one attached hydrogen (secondary N) is 1. The van der Waals surface area contributed by atoms with Gasteiger partial charge in [0.25, 0.3) is 0 Å². The van der Waals surface area contributed by atoms with E-state index >= 15 is 0 Å². The molecule has 9 heteroatoms. The lowest BCUT2D eigenvalue weighted by Gasteiger charge is -2.41. The molecule has 1 atom stereocenters. The summed E-state index contributed by atoms with van der Waals surface area (Å²) in [5.41, 5.74) is 0.821. The van der Waals surface area contributed by atoms with Crippen molar-refractivity contribution in [3.05, 3.63) is 48.0 Å². The van der Waals surface area contributed by atoms with Crippen molar-refractivity contribution in [1.29, 1.82) is 0 Å². The number of para-hydroxylation sites is 1. The zero-order chi connectivity index (χ0) is 24.2. The lowest BCUT2D eigenvalue weighted by Crippen LogP contribution is -2.47. The van der Waals surface area contributed by atoms with E-state index in [1.54, 1.807) is 12.1 Å². The second-order valence-electron chi connectivity index (χ2n) is 8.16. The fourth-order valence-electron chi connectivity index (χ4n) is 4.18. The first kappa shape index (κ1) is 24.7. The maximum Gasteiger partial charge on any atom is 0.241 e. The van der Waals surface area contributed by atoms with Crippen LogP contribution in [0, 0.1) is 0 Å². The Hall–Kier alpha value is -2.94. The summed E-state index contributed by atoms with van der Waals surface area (Å²) in [7, 11) is -0.774. The van der Waals surface area contributed by atoms with E-state index in [1.165, 1.54) is 20.3 Å². The first-order valence-corrected chi connectivity index (χ1v) is 12.8. The summed E-state index contributed by atoms with van der Waals surface area (Å²) in [5.74, 6) is 1.18. The first-order valence-electron chi connectivity index (χ1n) is 10.9. The van der Waals surface area contributed by atoms with Gasteiger partial charge in [-0.15, -0.1) is 0 Å². The van der Waals surface area contributed by atoms with E-state index < -0.39 is 15.9 Å². The van der Waals surface area contributed by atoms with Crippen LogP contribution in [0.4, 0.5) is 5.69 Å². The molecule has 0 radical (unpaired) electrons. The van der Waals surface area contributed by atoms with Crippen LogP contribution in [-0.2, 0) is 14.8 Å². The molecule has 180 valence electrons. The minimum Gasteiger partial charge on any atom is -0.493 e. The molecule has 1 heterocycles. The third kappa shape index (κ3) is 5.35. The second-order valence-corrected chi connectivity index (χ2v) is 10.1. The minimum absolute atomic E-state index is 0.283. The van der Waals surface area contributed by atoms with E-state index in [2.05, 4.69) is 19.2 Å². The topological polar surface area (TPSA) is 94.2 Å². The van der Waals surface area contributed by atoms with Crippen LogP contribution in [0.25, 0.3) is 0 Å². The van der Waals surface area contributed by atoms with E-state index in [1.807, 2.05) is 24.3 Å². The number of amides is 1. The van der Waals surface area contributed by atoms with Gasteiger partial charge in [-0.2, -0.15) is 0 Å². The number of carbonyl (C=O) groups excluding carboxylic acids is 1. The summed E-state index contributed by atoms with van der Waals surface area (Å²) in [6.45, 7) is 3.77. The van der Waals surface area contributed by atoms with E-state index in [0.717, 1.165) is 34.7 Å². The Bertz CT molecular complexity index is 1100. The van der Waals surface area contributed by atoms with Gasteiger partial charge in [0, 0.05) is 18.1 Å². The summed E-state index contributed by atoms with van der Waals surface area (Å²) in [4.78, 5) is 13.1. The van der Waals surface area contributed by atoms with Crippen LogP contribution >= 0.6 is 0 Å². The summed E-state index contributed by atoms with van der Waals surface area (Å²) in [6.07, 6.45) is 3.27. The number of ether oxygens (including phenoxy) is 3. The standard InChI is InChI=1S/C24H32N2O6S/c1-6-24(7-2)15-19(18-10-8-9-11-20(18)32-24)25-23(27)16-26(33(5,28)29)17-12-13-21(30-3)22(14-17)31-4/h8-14,19H,6-7,15-16H2,1-5H3,(H,25,27)/t19-/m1/s1. The van der Waals surface area contributed by atoms with Crippen LogP contribution in [0.5, 0.6) is 17.2 Å². The van der Waals surface area contributed by atoms with Gasteiger partial charge in [-0.25, -0.2) is 8.42 Å². The van der Waals surface area contributed by atoms with Crippen molar-refractivity contribution < 1.29 is 27.4 Å². The summed E-state index contributed by atoms with van der Waals surface area (Å²) < 4.78 is 43.0. The van der Waals surface area contributed by atoms with Gasteiger partial charge in [-0.05, 0) is 31.0 Å². The fraction of sp³-hybridized carbons (Fsp3) is 0.458. The van der Waals surface area contributed by atoms with Gasteiger partial charge >= 0.3 is 0 Å². The molecule has 0 aliphatic carbocycles. The van der Waals surface area contributed by atoms with Crippen LogP contribution in [0.1, 0.15) is 44.7 Å². The number of hydrogen-bond acceptors (Lipinski definition) is 6. The molecule has 0 unspecified atom stereocenters. The van der Waals surface area contributed by atoms with Crippen LogP contribution < -0.4 is 23.8 Å². The minimum atomic E-state index is -3.74. The van der Waals surface area contributed by atoms with E-state index in [4.69, 9.17) is 14.2 Å². The Kier molecular flexibility index (Phi) is 7.41. The number of rotatable bonds is 9. The number of hydrogen-bond donors (Lipinski definition) is 1. The SMILES string of the molecule is CCC1(CC)C[C@@H](NC(=O)CN(c2ccc(OC)c(OC)c2)S(C)(=O)=O)c2ccccc2O1. The molecule has 0 aromatic heterocycles. The molecule has 8 nitrogen and oxygen atoms in total. The van der Waals surface area contributed by atoms with Gasteiger partial charge in [-0.1, -0.05) is 32.0 Å². The van der Waals surface area contributed by atoms with Gasteiger partial charge in [0.15, 0.2) is 11.5 Å². The Labute approximate surface area is 195 Å². The predicted octanol–water partition coefficient (Wildman–Crippen LogP) is 3.67. The zero-order valence-electron chi connectivity index (χ0n) is 19.8. The maximum atomic E-state index is 13.1. The maximum absolute atomic E-state index is 13.1. The van der Waals surface area contributed by atoms with Crippen molar-refractivity contribution >= 4 is 21.6 Å². The van der Waals surface area contributed by atoms with Crippen LogP contribution in [0.3, 0.4) is 0 Å². The lowest BCUT2D eigenvalue weighted by atomic mass is 9.83. The highest BCUT2D eigenvalue weighted by atomic mass is 32.2. The number of sulfonamides is 1. The number of anilines is 1. The molecule has 1 amide bonds. The van der Waals surface area contributed by atoms with Gasteiger partial charge in [-0.3, -0.25) is 9.10 Å². The third-order valence-electron chi connectivity index (χ3n) is 6.16. The van der Waals surface area contributed by atoms with Crippen LogP contribution in [0.2, 0.25) is 0 Å². The monoisotopic (exact) mass is 476 g/mol. The molecular weight excluding hydrogens is 444 g/mol. The molecule has 3 rings (SSSR count). The van der Waals surface area contributed by atoms with E-state index in [9.17, 15) is 13.2 Å². The zero-order valence-corrected chi connectivity index (χ0v) is 20.6. The summed E-state index contributed by atoms with van der Waals surface area (Å²) in [5, 5.41) is 3.04. The van der Waals surface area contributed by atoms with Crippen molar-refractivity contribution in [2.24, 2.45) is 0 Å². The molecule has 0 spiro atoms. The molecule has 0 saturated carbocycles. The van der Waals surface area contributed by atoms with Crippen LogP contribution in [0.15, 0.2) is 42.5 Å². The molecule has 33 heavy (non-hydrogen) atoms. The molecule has 1 aliphatic heterocycles. The number of nitrogens with zero attached hydrogens (tertiary/aromatic N) is 1. The van der Waals surface area contributed by atoms with Crippen LogP contribution in [-0.4, -0.2) is 46.9 Å². The average molecular weight is 477 g/mol. The van der Waals surface area contributed by atoms with E-state index in [-0.39, 0.29) is 18.2 Å². The van der Waals surface area contributed by atoms with Crippen molar-refractivity contribution in [1.82, 2.24) is 5.32 Å². The molecule has 0 saturated heterocycles. The highest BCUT2D eigenvalue weighted by Crippen LogP contribution is 2.42. The van der Waals surface area contributed by atoms with Gasteiger partial charge in [0.1, 0.15) is 17.9 Å². The van der Waals surface area contributed by atoms with Gasteiger partial charge in [0.2, 0.25) is 15.9 Å². The highest BCUT2D eigenvalue weighted by molar-refractivity contribution is 7.92. The molecule has 2 aromatic carbocycles. The third-order valence-corrected chi connectivity index (χ3v) is 7.30. The summed E-state index contributed by atoms with van der Waals surface area (Å²) in [6, 6.07) is 12.1. The first-order chi connectivity index (χ1) is 15.7. The number of methoxy groups -OCH3 is 2. The molecule has 0 bridgehead atoms. The van der Waals surface area contributed by atoms with Crippen molar-refractivity contribution in [2.75, 3.05) is 31.3 Å². The van der Waals surface area contributed by atoms with E-state index in [0.29, 0.717) is 23.6 Å². The Morgan fingerprint density at radius 2 is 1.79 bits per heavy atom. The smallest absolute Gasteiger partial charge is 0.241 e. The van der Waals surface area contributed by atoms with Gasteiger partial charge < -0.3 is 19.5 Å². The summed E-state index contributed by atoms with van der Waals surface area (Å²) >= 11 is 0. The van der Waals surface area contributed by atoms with Crippen molar-refractivity contribution in [2.45, 2.75) is 44.8 Å². The number of fused-ring (bicyclic) bond motifs is 1.